The molecule has 0 aliphatic carbocycles. The summed E-state index contributed by atoms with van der Waals surface area (Å²) in [5.41, 5.74) is 0. The molecule has 0 atom stereocenters. The maximum atomic E-state index is 12.0. The lowest BCUT2D eigenvalue weighted by Crippen LogP contribution is -2.04. The number of allylic oxidation sites excluding steroid dienone is 6. The van der Waals surface area contributed by atoms with Crippen molar-refractivity contribution in [3.63, 3.8) is 0 Å². The highest BCUT2D eigenvalue weighted by molar-refractivity contribution is 8.51. The first-order valence-electron chi connectivity index (χ1n) is 19.9. The molecular weight excluding hydrogens is 1250 g/mol. The van der Waals surface area contributed by atoms with Crippen LogP contribution < -0.4 is 0 Å². The Hall–Kier alpha value is 3.52. The van der Waals surface area contributed by atoms with Gasteiger partial charge in [0.05, 0.1) is 102 Å². The van der Waals surface area contributed by atoms with E-state index in [4.69, 9.17) is 9.47 Å². The molecule has 0 bridgehead atoms. The number of thioether (sulfide) groups is 22. The molecule has 0 unspecified atom stereocenters. The molecule has 0 amide bonds. The van der Waals surface area contributed by atoms with Crippen LogP contribution in [0.3, 0.4) is 0 Å². The fraction of sp³-hybridized carbons (Fsp3) is 0.350. The zero-order valence-corrected chi connectivity index (χ0v) is 53.0. The van der Waals surface area contributed by atoms with Crippen LogP contribution >= 0.6 is 259 Å². The molecule has 0 saturated heterocycles. The molecule has 352 valence electrons. The normalized spacial score (nSPS) is 22.2. The summed E-state index contributed by atoms with van der Waals surface area (Å²) >= 11 is 42.3. The van der Waals surface area contributed by atoms with E-state index >= 15 is 0 Å². The number of esters is 2. The van der Waals surface area contributed by atoms with Gasteiger partial charge in [-0.15, -0.1) is 70.6 Å². The van der Waals surface area contributed by atoms with Crippen molar-refractivity contribution in [3.8, 4) is 0 Å². The zero-order chi connectivity index (χ0) is 45.6. The number of rotatable bonds is 14. The van der Waals surface area contributed by atoms with Gasteiger partial charge in [-0.25, -0.2) is 0 Å². The Morgan fingerprint density at radius 3 is 1.05 bits per heavy atom. The highest BCUT2D eigenvalue weighted by Crippen LogP contribution is 2.73. The molecule has 0 fully saturated rings. The molecule has 0 radical (unpaired) electrons. The fourth-order valence-electron chi connectivity index (χ4n) is 5.55. The van der Waals surface area contributed by atoms with Crippen LogP contribution in [0.2, 0.25) is 0 Å². The first kappa shape index (κ1) is 54.3. The highest BCUT2D eigenvalue weighted by atomic mass is 32.3. The molecule has 0 spiro atoms. The van der Waals surface area contributed by atoms with Crippen molar-refractivity contribution in [2.75, 3.05) is 34.9 Å². The molecule has 9 aliphatic rings. The Kier molecular flexibility index (Phi) is 22.2. The van der Waals surface area contributed by atoms with Crippen LogP contribution in [0.1, 0.15) is 53.4 Å². The Balaban J connectivity index is 0.724. The predicted molar refractivity (Wildman–Crippen MR) is 338 cm³/mol. The van der Waals surface area contributed by atoms with E-state index in [1.807, 2.05) is 226 Å². The van der Waals surface area contributed by atoms with E-state index in [0.29, 0.717) is 37.6 Å². The van der Waals surface area contributed by atoms with Crippen LogP contribution in [-0.4, -0.2) is 46.8 Å². The van der Waals surface area contributed by atoms with Crippen molar-refractivity contribution in [2.24, 2.45) is 0 Å². The lowest BCUT2D eigenvalue weighted by atomic mass is 10.3. The Bertz CT molecular complexity index is 2290. The van der Waals surface area contributed by atoms with Gasteiger partial charge in [0.25, 0.3) is 0 Å². The summed E-state index contributed by atoms with van der Waals surface area (Å²) in [6.45, 7) is 9.03. The second kappa shape index (κ2) is 27.0. The maximum Gasteiger partial charge on any atom is 0.306 e. The molecule has 0 aromatic carbocycles. The standard InChI is InChI=1S/C40H36O4S22/c1-5-19-20(6-2)52-33(51-19)38-63-34-35(64-38)58-26(57-34)12-10-24-55-29-30(56-24)48-18-50-32-31(49-17-47-29)61-39(62-32)40-65-36-37(66-40)60-25(59-36)11-9-23-53-27(45-15-13-21(41)43-7-3)28(54-23)46-16-14-22(42)44-8-4/h9-12H,5-8,13-18H2,1-4H3. The van der Waals surface area contributed by atoms with Crippen molar-refractivity contribution in [3.05, 3.63) is 110 Å². The van der Waals surface area contributed by atoms with Gasteiger partial charge in [0, 0.05) is 21.7 Å². The van der Waals surface area contributed by atoms with Gasteiger partial charge in [-0.2, -0.15) is 0 Å². The minimum absolute atomic E-state index is 0.164. The maximum absolute atomic E-state index is 12.0. The summed E-state index contributed by atoms with van der Waals surface area (Å²) in [7, 11) is 0. The second-order valence-electron chi connectivity index (χ2n) is 12.8. The summed E-state index contributed by atoms with van der Waals surface area (Å²) < 4.78 is 35.3. The van der Waals surface area contributed by atoms with Gasteiger partial charge in [-0.1, -0.05) is 202 Å². The zero-order valence-electron chi connectivity index (χ0n) is 35.0. The lowest BCUT2D eigenvalue weighted by molar-refractivity contribution is -0.143. The van der Waals surface area contributed by atoms with Gasteiger partial charge in [-0.3, -0.25) is 9.59 Å². The summed E-state index contributed by atoms with van der Waals surface area (Å²) in [5.74, 6) is 1.01. The molecule has 0 N–H and O–H groups in total. The lowest BCUT2D eigenvalue weighted by Gasteiger charge is -2.09. The highest BCUT2D eigenvalue weighted by Gasteiger charge is 2.37. The Labute approximate surface area is 481 Å². The van der Waals surface area contributed by atoms with E-state index in [1.165, 1.54) is 76.3 Å². The summed E-state index contributed by atoms with van der Waals surface area (Å²) in [5, 5.41) is 2.05. The molecule has 9 heterocycles. The van der Waals surface area contributed by atoms with Crippen LogP contribution in [0.5, 0.6) is 0 Å². The molecule has 4 nitrogen and oxygen atoms in total. The van der Waals surface area contributed by atoms with E-state index in [1.54, 1.807) is 56.9 Å². The van der Waals surface area contributed by atoms with Crippen LogP contribution in [0.4, 0.5) is 0 Å². The molecule has 0 saturated carbocycles. The fourth-order valence-corrected chi connectivity index (χ4v) is 39.5. The largest absolute Gasteiger partial charge is 0.466 e. The average Bonchev–Trinajstić information content (AvgIpc) is 4.16. The Morgan fingerprint density at radius 1 is 0.409 bits per heavy atom. The molecule has 66 heavy (non-hydrogen) atoms. The molecule has 0 aromatic rings. The van der Waals surface area contributed by atoms with E-state index in [-0.39, 0.29) is 11.9 Å². The third-order valence-electron chi connectivity index (χ3n) is 8.37. The Morgan fingerprint density at radius 2 is 0.697 bits per heavy atom. The summed E-state index contributed by atoms with van der Waals surface area (Å²) in [6.07, 6.45) is 12.2. The third kappa shape index (κ3) is 14.5. The van der Waals surface area contributed by atoms with E-state index in [2.05, 4.69) is 38.2 Å². The van der Waals surface area contributed by atoms with Gasteiger partial charge in [0.15, 0.2) is 0 Å². The van der Waals surface area contributed by atoms with Crippen LogP contribution in [0, 0.1) is 0 Å². The van der Waals surface area contributed by atoms with E-state index in [0.717, 1.165) is 23.0 Å². The van der Waals surface area contributed by atoms with E-state index < -0.39 is 0 Å². The van der Waals surface area contributed by atoms with E-state index in [9.17, 15) is 9.59 Å². The van der Waals surface area contributed by atoms with Gasteiger partial charge < -0.3 is 9.47 Å². The topological polar surface area (TPSA) is 52.6 Å². The minimum atomic E-state index is -0.164. The van der Waals surface area contributed by atoms with Crippen molar-refractivity contribution in [1.29, 1.82) is 0 Å². The summed E-state index contributed by atoms with van der Waals surface area (Å²) in [4.78, 5) is 27.1. The molecule has 26 heteroatoms. The minimum Gasteiger partial charge on any atom is -0.466 e. The molecule has 9 rings (SSSR count). The van der Waals surface area contributed by atoms with Gasteiger partial charge in [0.1, 0.15) is 0 Å². The van der Waals surface area contributed by atoms with Crippen molar-refractivity contribution < 1.29 is 19.1 Å². The molecular formula is C40H36O4S22. The quantitative estimate of drug-likeness (QED) is 0.155. The average molecular weight is 1290 g/mol. The number of carbonyl (C=O) groups is 2. The number of ether oxygens (including phenoxy) is 2. The predicted octanol–water partition coefficient (Wildman–Crippen LogP) is 21.3. The molecule has 9 aliphatic heterocycles. The van der Waals surface area contributed by atoms with Crippen molar-refractivity contribution in [1.82, 2.24) is 0 Å². The third-order valence-corrected chi connectivity index (χ3v) is 40.1. The van der Waals surface area contributed by atoms with Crippen LogP contribution in [0.25, 0.3) is 0 Å². The first-order chi connectivity index (χ1) is 32.2. The van der Waals surface area contributed by atoms with Gasteiger partial charge in [-0.05, 0) is 60.8 Å². The van der Waals surface area contributed by atoms with Crippen LogP contribution in [-0.2, 0) is 19.1 Å². The number of carbonyl (C=O) groups excluding carboxylic acids is 2. The van der Waals surface area contributed by atoms with Gasteiger partial charge in [0.2, 0.25) is 0 Å². The second-order valence-corrected chi connectivity index (χ2v) is 41.1. The SMILES string of the molecule is CCOC(=O)CCSC1=C(SCCC(=O)OCC)SC(=CC=C2SC3=C(S2)SC(=C2SC4=C(SCSC5=C(SCS4)SC(=CC=C4SC6=C(S4)SC(=C4SC(CC)=C(CC)S4)S6)S5)S2)S3)S1. The van der Waals surface area contributed by atoms with Gasteiger partial charge >= 0.3 is 11.9 Å². The molecule has 0 aromatic heterocycles. The number of hydrogen-bond donors (Lipinski definition) is 0. The van der Waals surface area contributed by atoms with Crippen molar-refractivity contribution >= 4 is 271 Å². The first-order valence-corrected chi connectivity index (χ1v) is 38.9. The van der Waals surface area contributed by atoms with Crippen molar-refractivity contribution in [2.45, 2.75) is 53.4 Å². The monoisotopic (exact) mass is 1280 g/mol. The summed E-state index contributed by atoms with van der Waals surface area (Å²) in [6, 6.07) is 0. The smallest absolute Gasteiger partial charge is 0.306 e. The van der Waals surface area contributed by atoms with Crippen LogP contribution in [0.15, 0.2) is 110 Å². The number of hydrogen-bond acceptors (Lipinski definition) is 26.